The van der Waals surface area contributed by atoms with Gasteiger partial charge < -0.3 is 10.6 Å². The van der Waals surface area contributed by atoms with Crippen LogP contribution in [0, 0.1) is 17.8 Å². The fourth-order valence-electron chi connectivity index (χ4n) is 3.89. The molecule has 2 N–H and O–H groups in total. The molecule has 2 fully saturated rings. The maximum absolute atomic E-state index is 12.6. The number of amides is 1. The van der Waals surface area contributed by atoms with Gasteiger partial charge in [-0.1, -0.05) is 6.42 Å². The summed E-state index contributed by atoms with van der Waals surface area (Å²) in [5, 5.41) is 4.27. The Balaban J connectivity index is 1.50. The highest BCUT2D eigenvalue weighted by Gasteiger charge is 2.35. The minimum atomic E-state index is 0.192. The fraction of sp³-hybridized carbons (Fsp3) is 0.750. The van der Waals surface area contributed by atoms with E-state index in [1.54, 1.807) is 0 Å². The van der Waals surface area contributed by atoms with Crippen LogP contribution >= 0.6 is 0 Å². The van der Waals surface area contributed by atoms with Crippen LogP contribution in [0.15, 0.2) is 18.5 Å². The number of rotatable bonds is 4. The van der Waals surface area contributed by atoms with Crippen LogP contribution in [0.5, 0.6) is 0 Å². The summed E-state index contributed by atoms with van der Waals surface area (Å²) in [6, 6.07) is 1.96. The van der Waals surface area contributed by atoms with Crippen molar-refractivity contribution in [1.29, 1.82) is 0 Å². The van der Waals surface area contributed by atoms with Crippen molar-refractivity contribution in [3.8, 4) is 0 Å². The predicted octanol–water partition coefficient (Wildman–Crippen LogP) is 1.50. The Morgan fingerprint density at radius 3 is 2.71 bits per heavy atom. The minimum absolute atomic E-state index is 0.192. The van der Waals surface area contributed by atoms with Gasteiger partial charge in [-0.05, 0) is 50.1 Å². The van der Waals surface area contributed by atoms with E-state index in [0.29, 0.717) is 24.3 Å². The van der Waals surface area contributed by atoms with Gasteiger partial charge in [0.05, 0.1) is 0 Å². The second-order valence-corrected chi connectivity index (χ2v) is 6.53. The molecule has 0 aromatic carbocycles. The van der Waals surface area contributed by atoms with Crippen molar-refractivity contribution in [1.82, 2.24) is 14.7 Å². The molecule has 0 unspecified atom stereocenters. The van der Waals surface area contributed by atoms with E-state index in [0.717, 1.165) is 51.7 Å². The van der Waals surface area contributed by atoms with Crippen LogP contribution in [0.1, 0.15) is 32.1 Å². The van der Waals surface area contributed by atoms with Crippen LogP contribution in [0.4, 0.5) is 0 Å². The molecule has 5 nitrogen and oxygen atoms in total. The molecule has 0 bridgehead atoms. The maximum atomic E-state index is 12.6. The minimum Gasteiger partial charge on any atom is -0.342 e. The van der Waals surface area contributed by atoms with Gasteiger partial charge in [-0.15, -0.1) is 0 Å². The highest BCUT2D eigenvalue weighted by molar-refractivity contribution is 5.79. The third-order valence-electron chi connectivity index (χ3n) is 5.21. The van der Waals surface area contributed by atoms with E-state index >= 15 is 0 Å². The van der Waals surface area contributed by atoms with Crippen molar-refractivity contribution in [3.63, 3.8) is 0 Å². The number of hydrogen-bond acceptors (Lipinski definition) is 3. The molecule has 1 aliphatic heterocycles. The normalized spacial score (nSPS) is 27.2. The first-order valence-electron chi connectivity index (χ1n) is 8.24. The summed E-state index contributed by atoms with van der Waals surface area (Å²) in [6.45, 7) is 3.44. The summed E-state index contributed by atoms with van der Waals surface area (Å²) >= 11 is 0. The number of carbonyl (C=O) groups is 1. The van der Waals surface area contributed by atoms with Crippen LogP contribution in [0.25, 0.3) is 0 Å². The number of likely N-dealkylation sites (tertiary alicyclic amines) is 1. The van der Waals surface area contributed by atoms with E-state index in [-0.39, 0.29) is 5.92 Å². The van der Waals surface area contributed by atoms with Crippen LogP contribution in [-0.2, 0) is 11.3 Å². The van der Waals surface area contributed by atoms with Crippen LogP contribution in [0.2, 0.25) is 0 Å². The van der Waals surface area contributed by atoms with Crippen molar-refractivity contribution in [3.05, 3.63) is 18.5 Å². The molecule has 2 atom stereocenters. The molecule has 1 saturated carbocycles. The molecule has 1 aliphatic carbocycles. The summed E-state index contributed by atoms with van der Waals surface area (Å²) in [6.07, 6.45) is 9.34. The molecule has 116 valence electrons. The van der Waals surface area contributed by atoms with Gasteiger partial charge in [0, 0.05) is 37.9 Å². The van der Waals surface area contributed by atoms with Gasteiger partial charge in [0.2, 0.25) is 5.91 Å². The second-order valence-electron chi connectivity index (χ2n) is 6.53. The lowest BCUT2D eigenvalue weighted by Crippen LogP contribution is -2.44. The molecule has 1 saturated heterocycles. The Hall–Kier alpha value is -1.36. The first-order valence-corrected chi connectivity index (χ1v) is 8.24. The molecule has 0 spiro atoms. The molecule has 2 heterocycles. The van der Waals surface area contributed by atoms with E-state index in [4.69, 9.17) is 5.73 Å². The van der Waals surface area contributed by atoms with Crippen LogP contribution < -0.4 is 5.73 Å². The Morgan fingerprint density at radius 1 is 1.24 bits per heavy atom. The Morgan fingerprint density at radius 2 is 2.05 bits per heavy atom. The van der Waals surface area contributed by atoms with Gasteiger partial charge in [-0.25, -0.2) is 0 Å². The molecule has 3 rings (SSSR count). The van der Waals surface area contributed by atoms with Crippen LogP contribution in [-0.4, -0.2) is 40.2 Å². The van der Waals surface area contributed by atoms with Crippen molar-refractivity contribution in [2.45, 2.75) is 38.6 Å². The highest BCUT2D eigenvalue weighted by Crippen LogP contribution is 2.33. The van der Waals surface area contributed by atoms with Crippen LogP contribution in [0.3, 0.4) is 0 Å². The maximum Gasteiger partial charge on any atom is 0.226 e. The largest absolute Gasteiger partial charge is 0.342 e. The molecule has 0 radical (unpaired) electrons. The summed E-state index contributed by atoms with van der Waals surface area (Å²) < 4.78 is 2.00. The van der Waals surface area contributed by atoms with Crippen molar-refractivity contribution >= 4 is 5.91 Å². The van der Waals surface area contributed by atoms with E-state index in [1.807, 2.05) is 23.1 Å². The smallest absolute Gasteiger partial charge is 0.226 e. The summed E-state index contributed by atoms with van der Waals surface area (Å²) in [5.74, 6) is 1.61. The molecule has 21 heavy (non-hydrogen) atoms. The average molecular weight is 290 g/mol. The SMILES string of the molecule is NC[C@H]1CCC[C@H]1C(=O)N1CCC(Cn2cccn2)CC1. The molecule has 1 amide bonds. The lowest BCUT2D eigenvalue weighted by atomic mass is 9.92. The van der Waals surface area contributed by atoms with Gasteiger partial charge in [0.15, 0.2) is 0 Å². The monoisotopic (exact) mass is 290 g/mol. The summed E-state index contributed by atoms with van der Waals surface area (Å²) in [4.78, 5) is 14.7. The Kier molecular flexibility index (Phi) is 4.58. The predicted molar refractivity (Wildman–Crippen MR) is 81.4 cm³/mol. The lowest BCUT2D eigenvalue weighted by molar-refractivity contribution is -0.138. The first-order chi connectivity index (χ1) is 10.3. The number of piperidine rings is 1. The second kappa shape index (κ2) is 6.60. The van der Waals surface area contributed by atoms with Crippen molar-refractivity contribution < 1.29 is 4.79 Å². The lowest BCUT2D eigenvalue weighted by Gasteiger charge is -2.34. The molecule has 1 aromatic heterocycles. The fourth-order valence-corrected chi connectivity index (χ4v) is 3.89. The topological polar surface area (TPSA) is 64.2 Å². The zero-order valence-corrected chi connectivity index (χ0v) is 12.7. The third-order valence-corrected chi connectivity index (χ3v) is 5.21. The van der Waals surface area contributed by atoms with Gasteiger partial charge >= 0.3 is 0 Å². The first kappa shape index (κ1) is 14.6. The zero-order valence-electron chi connectivity index (χ0n) is 12.7. The van der Waals surface area contributed by atoms with Gasteiger partial charge in [0.1, 0.15) is 0 Å². The van der Waals surface area contributed by atoms with E-state index in [2.05, 4.69) is 10.00 Å². The molecule has 2 aliphatic rings. The zero-order chi connectivity index (χ0) is 14.7. The standard InChI is InChI=1S/C16H26N4O/c17-11-14-3-1-4-15(14)16(21)19-9-5-13(6-10-19)12-20-8-2-7-18-20/h2,7-8,13-15H,1,3-6,9-12,17H2/t14-,15-/m1/s1. The average Bonchev–Trinajstić information content (AvgIpc) is 3.18. The van der Waals surface area contributed by atoms with E-state index in [1.165, 1.54) is 0 Å². The number of nitrogens with zero attached hydrogens (tertiary/aromatic N) is 3. The molecule has 1 aromatic rings. The highest BCUT2D eigenvalue weighted by atomic mass is 16.2. The van der Waals surface area contributed by atoms with Gasteiger partial charge in [-0.2, -0.15) is 5.10 Å². The van der Waals surface area contributed by atoms with Crippen molar-refractivity contribution in [2.24, 2.45) is 23.5 Å². The van der Waals surface area contributed by atoms with Gasteiger partial charge in [0.25, 0.3) is 0 Å². The summed E-state index contributed by atoms with van der Waals surface area (Å²) in [5.41, 5.74) is 5.81. The number of nitrogens with two attached hydrogens (primary N) is 1. The van der Waals surface area contributed by atoms with Crippen molar-refractivity contribution in [2.75, 3.05) is 19.6 Å². The third kappa shape index (κ3) is 3.28. The molecule has 5 heteroatoms. The quantitative estimate of drug-likeness (QED) is 0.914. The summed E-state index contributed by atoms with van der Waals surface area (Å²) in [7, 11) is 0. The molecular weight excluding hydrogens is 264 g/mol. The van der Waals surface area contributed by atoms with Gasteiger partial charge in [-0.3, -0.25) is 9.48 Å². The number of hydrogen-bond donors (Lipinski definition) is 1. The van der Waals surface area contributed by atoms with E-state index < -0.39 is 0 Å². The number of aromatic nitrogens is 2. The number of carbonyl (C=O) groups excluding carboxylic acids is 1. The van der Waals surface area contributed by atoms with E-state index in [9.17, 15) is 4.79 Å². The molecular formula is C16H26N4O. The Labute approximate surface area is 126 Å². The Bertz CT molecular complexity index is 451.